The Morgan fingerprint density at radius 2 is 2.20 bits per heavy atom. The van der Waals surface area contributed by atoms with Crippen LogP contribution in [0.5, 0.6) is 0 Å². The van der Waals surface area contributed by atoms with Crippen molar-refractivity contribution in [2.75, 3.05) is 0 Å². The zero-order valence-corrected chi connectivity index (χ0v) is 10.9. The van der Waals surface area contributed by atoms with Crippen molar-refractivity contribution in [2.45, 2.75) is 19.4 Å². The largest absolute Gasteiger partial charge is 0.361 e. The second-order valence-corrected chi connectivity index (χ2v) is 4.51. The highest BCUT2D eigenvalue weighted by molar-refractivity contribution is 9.10. The Hall–Kier alpha value is -0.510. The van der Waals surface area contributed by atoms with Crippen LogP contribution in [-0.2, 0) is 6.42 Å². The second-order valence-electron chi connectivity index (χ2n) is 3.66. The van der Waals surface area contributed by atoms with Crippen molar-refractivity contribution in [2.24, 2.45) is 5.73 Å². The number of nitrogens with one attached hydrogen (secondary N) is 1. The summed E-state index contributed by atoms with van der Waals surface area (Å²) < 4.78 is 1.13. The molecule has 0 spiro atoms. The molecule has 1 atom stereocenters. The van der Waals surface area contributed by atoms with Crippen molar-refractivity contribution < 1.29 is 0 Å². The molecule has 1 unspecified atom stereocenters. The third-order valence-electron chi connectivity index (χ3n) is 2.28. The molecule has 2 nitrogen and oxygen atoms in total. The average Bonchev–Trinajstić information content (AvgIpc) is 2.49. The fraction of sp³-hybridized carbons (Fsp3) is 0.273. The first-order valence-electron chi connectivity index (χ1n) is 4.68. The normalized spacial score (nSPS) is 12.5. The average molecular weight is 290 g/mol. The first-order valence-corrected chi connectivity index (χ1v) is 5.48. The van der Waals surface area contributed by atoms with Gasteiger partial charge in [0.2, 0.25) is 0 Å². The molecule has 0 radical (unpaired) electrons. The van der Waals surface area contributed by atoms with Crippen LogP contribution in [-0.4, -0.2) is 11.0 Å². The van der Waals surface area contributed by atoms with Crippen LogP contribution in [0.15, 0.2) is 28.9 Å². The SMILES string of the molecule is CC(N)Cc1c[nH]c2cccc(Br)c12.Cl. The summed E-state index contributed by atoms with van der Waals surface area (Å²) in [7, 11) is 0. The molecule has 1 aromatic carbocycles. The Labute approximate surface area is 104 Å². The molecule has 0 amide bonds. The Bertz CT molecular complexity index is 451. The molecule has 2 rings (SSSR count). The van der Waals surface area contributed by atoms with Crippen LogP contribution in [0, 0.1) is 0 Å². The summed E-state index contributed by atoms with van der Waals surface area (Å²) >= 11 is 3.56. The van der Waals surface area contributed by atoms with Gasteiger partial charge in [0.25, 0.3) is 0 Å². The molecule has 3 N–H and O–H groups in total. The third-order valence-corrected chi connectivity index (χ3v) is 2.94. The summed E-state index contributed by atoms with van der Waals surface area (Å²) in [5, 5.41) is 1.25. The highest BCUT2D eigenvalue weighted by Gasteiger charge is 2.07. The number of H-pyrrole nitrogens is 1. The molecule has 0 fully saturated rings. The van der Waals surface area contributed by atoms with Gasteiger partial charge in [0.1, 0.15) is 0 Å². The summed E-state index contributed by atoms with van der Waals surface area (Å²) in [5.41, 5.74) is 8.24. The minimum absolute atomic E-state index is 0. The zero-order valence-electron chi connectivity index (χ0n) is 8.46. The Morgan fingerprint density at radius 3 is 2.87 bits per heavy atom. The van der Waals surface area contributed by atoms with Crippen LogP contribution in [0.25, 0.3) is 10.9 Å². The molecule has 1 heterocycles. The Balaban J connectivity index is 0.00000112. The molecule has 0 aliphatic carbocycles. The number of hydrogen-bond donors (Lipinski definition) is 2. The van der Waals surface area contributed by atoms with Crippen LogP contribution in [0.4, 0.5) is 0 Å². The van der Waals surface area contributed by atoms with E-state index in [2.05, 4.69) is 33.0 Å². The monoisotopic (exact) mass is 288 g/mol. The molecule has 4 heteroatoms. The topological polar surface area (TPSA) is 41.8 Å². The third kappa shape index (κ3) is 2.54. The Morgan fingerprint density at radius 1 is 1.47 bits per heavy atom. The predicted octanol–water partition coefficient (Wildman–Crippen LogP) is 3.24. The number of aromatic nitrogens is 1. The van der Waals surface area contributed by atoms with Crippen LogP contribution >= 0.6 is 28.3 Å². The molecule has 0 saturated heterocycles. The van der Waals surface area contributed by atoms with Crippen molar-refractivity contribution in [1.82, 2.24) is 4.98 Å². The molecule has 0 aliphatic rings. The van der Waals surface area contributed by atoms with E-state index in [-0.39, 0.29) is 18.4 Å². The van der Waals surface area contributed by atoms with Gasteiger partial charge < -0.3 is 10.7 Å². The molecule has 82 valence electrons. The van der Waals surface area contributed by atoms with E-state index >= 15 is 0 Å². The standard InChI is InChI=1S/C11H13BrN2.ClH/c1-7(13)5-8-6-14-10-4-2-3-9(12)11(8)10;/h2-4,6-7,14H,5,13H2,1H3;1H. The highest BCUT2D eigenvalue weighted by atomic mass is 79.9. The molecule has 0 bridgehead atoms. The van der Waals surface area contributed by atoms with Gasteiger partial charge in [-0.05, 0) is 31.0 Å². The molecule has 0 saturated carbocycles. The van der Waals surface area contributed by atoms with Crippen LogP contribution < -0.4 is 5.73 Å². The zero-order chi connectivity index (χ0) is 10.1. The van der Waals surface area contributed by atoms with E-state index in [1.54, 1.807) is 0 Å². The van der Waals surface area contributed by atoms with E-state index in [0.717, 1.165) is 16.4 Å². The predicted molar refractivity (Wildman–Crippen MR) is 70.6 cm³/mol. The van der Waals surface area contributed by atoms with Gasteiger partial charge in [-0.1, -0.05) is 22.0 Å². The van der Waals surface area contributed by atoms with Crippen molar-refractivity contribution in [1.29, 1.82) is 0 Å². The van der Waals surface area contributed by atoms with Crippen molar-refractivity contribution in [3.05, 3.63) is 34.4 Å². The Kier molecular flexibility index (Phi) is 4.20. The second kappa shape index (κ2) is 5.01. The van der Waals surface area contributed by atoms with Gasteiger partial charge in [-0.25, -0.2) is 0 Å². The number of nitrogens with two attached hydrogens (primary N) is 1. The minimum Gasteiger partial charge on any atom is -0.361 e. The van der Waals surface area contributed by atoms with Gasteiger partial charge in [0.15, 0.2) is 0 Å². The maximum absolute atomic E-state index is 5.80. The van der Waals surface area contributed by atoms with E-state index in [4.69, 9.17) is 5.73 Å². The van der Waals surface area contributed by atoms with Gasteiger partial charge in [-0.2, -0.15) is 0 Å². The van der Waals surface area contributed by atoms with Gasteiger partial charge >= 0.3 is 0 Å². The number of benzene rings is 1. The summed E-state index contributed by atoms with van der Waals surface area (Å²) in [4.78, 5) is 3.25. The first-order chi connectivity index (χ1) is 6.68. The van der Waals surface area contributed by atoms with Gasteiger partial charge in [0, 0.05) is 27.6 Å². The lowest BCUT2D eigenvalue weighted by Gasteiger charge is -2.03. The molecule has 15 heavy (non-hydrogen) atoms. The summed E-state index contributed by atoms with van der Waals surface area (Å²) in [6.45, 7) is 2.02. The minimum atomic E-state index is 0. The van der Waals surface area contributed by atoms with E-state index in [1.807, 2.05) is 19.2 Å². The fourth-order valence-corrected chi connectivity index (χ4v) is 2.34. The molecular formula is C11H14BrClN2. The lowest BCUT2D eigenvalue weighted by Crippen LogP contribution is -2.17. The number of hydrogen-bond acceptors (Lipinski definition) is 1. The van der Waals surface area contributed by atoms with Crippen LogP contribution in [0.1, 0.15) is 12.5 Å². The van der Waals surface area contributed by atoms with Crippen molar-refractivity contribution in [3.63, 3.8) is 0 Å². The molecule has 0 aliphatic heterocycles. The lowest BCUT2D eigenvalue weighted by molar-refractivity contribution is 0.741. The lowest BCUT2D eigenvalue weighted by atomic mass is 10.1. The van der Waals surface area contributed by atoms with Gasteiger partial charge in [0.05, 0.1) is 0 Å². The smallest absolute Gasteiger partial charge is 0.0468 e. The van der Waals surface area contributed by atoms with E-state index in [1.165, 1.54) is 10.9 Å². The number of halogens is 2. The molecule has 1 aromatic heterocycles. The summed E-state index contributed by atoms with van der Waals surface area (Å²) in [6, 6.07) is 6.35. The maximum atomic E-state index is 5.80. The quantitative estimate of drug-likeness (QED) is 0.875. The number of rotatable bonds is 2. The van der Waals surface area contributed by atoms with E-state index in [9.17, 15) is 0 Å². The van der Waals surface area contributed by atoms with Crippen molar-refractivity contribution >= 4 is 39.2 Å². The van der Waals surface area contributed by atoms with Gasteiger partial charge in [-0.15, -0.1) is 12.4 Å². The number of fused-ring (bicyclic) bond motifs is 1. The maximum Gasteiger partial charge on any atom is 0.0468 e. The fourth-order valence-electron chi connectivity index (χ4n) is 1.72. The van der Waals surface area contributed by atoms with Gasteiger partial charge in [-0.3, -0.25) is 0 Å². The number of aromatic amines is 1. The summed E-state index contributed by atoms with van der Waals surface area (Å²) in [6.07, 6.45) is 2.95. The van der Waals surface area contributed by atoms with Crippen molar-refractivity contribution in [3.8, 4) is 0 Å². The van der Waals surface area contributed by atoms with E-state index in [0.29, 0.717) is 0 Å². The van der Waals surface area contributed by atoms with E-state index < -0.39 is 0 Å². The molecule has 2 aromatic rings. The van der Waals surface area contributed by atoms with Crippen LogP contribution in [0.3, 0.4) is 0 Å². The molecular weight excluding hydrogens is 275 g/mol. The first kappa shape index (κ1) is 12.6. The van der Waals surface area contributed by atoms with Crippen LogP contribution in [0.2, 0.25) is 0 Å². The summed E-state index contributed by atoms with van der Waals surface area (Å²) in [5.74, 6) is 0. The highest BCUT2D eigenvalue weighted by Crippen LogP contribution is 2.27.